The number of carbonyl (C=O) groups is 1. The number of benzene rings is 2. The fourth-order valence-corrected chi connectivity index (χ4v) is 2.63. The van der Waals surface area contributed by atoms with Gasteiger partial charge in [0.25, 0.3) is 0 Å². The molecule has 24 heavy (non-hydrogen) atoms. The third-order valence-electron chi connectivity index (χ3n) is 4.03. The van der Waals surface area contributed by atoms with Crippen LogP contribution in [0.25, 0.3) is 11.1 Å². The molecule has 0 radical (unpaired) electrons. The highest BCUT2D eigenvalue weighted by Crippen LogP contribution is 2.20. The van der Waals surface area contributed by atoms with Crippen molar-refractivity contribution in [1.82, 2.24) is 5.32 Å². The van der Waals surface area contributed by atoms with Crippen LogP contribution in [-0.4, -0.2) is 23.4 Å². The Morgan fingerprint density at radius 1 is 1.04 bits per heavy atom. The standard InChI is InChI=1S/C19H25N3OS/c1-2-16(20)19(23)22-17(18(21)24)12-13-8-10-15(11-9-13)14-6-4-3-5-7-14/h3-11,16-18,24H,2,12,20-21H2,1H3,(H,22,23)/t16-,17-,18?/m0/s1. The smallest absolute Gasteiger partial charge is 0.237 e. The van der Waals surface area contributed by atoms with Gasteiger partial charge >= 0.3 is 0 Å². The molecule has 0 aliphatic carbocycles. The van der Waals surface area contributed by atoms with Crippen LogP contribution in [0.2, 0.25) is 0 Å². The van der Waals surface area contributed by atoms with Crippen molar-refractivity contribution in [2.45, 2.75) is 37.2 Å². The molecule has 5 heteroatoms. The molecule has 1 unspecified atom stereocenters. The molecule has 2 rings (SSSR count). The van der Waals surface area contributed by atoms with Crippen molar-refractivity contribution in [3.05, 3.63) is 60.2 Å². The van der Waals surface area contributed by atoms with Gasteiger partial charge < -0.3 is 16.8 Å². The van der Waals surface area contributed by atoms with E-state index < -0.39 is 11.4 Å². The van der Waals surface area contributed by atoms with Crippen LogP contribution < -0.4 is 16.8 Å². The van der Waals surface area contributed by atoms with Crippen molar-refractivity contribution < 1.29 is 4.79 Å². The molecule has 0 fully saturated rings. The molecule has 128 valence electrons. The summed E-state index contributed by atoms with van der Waals surface area (Å²) in [4.78, 5) is 12.0. The zero-order valence-corrected chi connectivity index (χ0v) is 14.7. The lowest BCUT2D eigenvalue weighted by Crippen LogP contribution is -2.51. The van der Waals surface area contributed by atoms with Gasteiger partial charge in [0, 0.05) is 0 Å². The van der Waals surface area contributed by atoms with E-state index in [0.717, 1.165) is 11.1 Å². The van der Waals surface area contributed by atoms with Crippen LogP contribution in [0.1, 0.15) is 18.9 Å². The van der Waals surface area contributed by atoms with Gasteiger partial charge in [-0.25, -0.2) is 0 Å². The van der Waals surface area contributed by atoms with E-state index in [2.05, 4.69) is 54.3 Å². The van der Waals surface area contributed by atoms with Gasteiger partial charge in [-0.05, 0) is 29.5 Å². The fourth-order valence-electron chi connectivity index (χ4n) is 2.45. The molecule has 0 bridgehead atoms. The topological polar surface area (TPSA) is 81.1 Å². The van der Waals surface area contributed by atoms with Crippen LogP contribution >= 0.6 is 12.6 Å². The summed E-state index contributed by atoms with van der Waals surface area (Å²) < 4.78 is 0. The molecule has 0 spiro atoms. The van der Waals surface area contributed by atoms with Gasteiger partial charge in [-0.15, -0.1) is 0 Å². The maximum atomic E-state index is 12.0. The van der Waals surface area contributed by atoms with E-state index >= 15 is 0 Å². The Kier molecular flexibility index (Phi) is 6.85. The van der Waals surface area contributed by atoms with Crippen molar-refractivity contribution in [2.75, 3.05) is 0 Å². The van der Waals surface area contributed by atoms with E-state index in [9.17, 15) is 4.79 Å². The number of hydrogen-bond acceptors (Lipinski definition) is 4. The lowest BCUT2D eigenvalue weighted by Gasteiger charge is -2.23. The summed E-state index contributed by atoms with van der Waals surface area (Å²) in [5.74, 6) is -0.187. The minimum atomic E-state index is -0.514. The molecule has 1 amide bonds. The van der Waals surface area contributed by atoms with Crippen LogP contribution in [0.3, 0.4) is 0 Å². The first kappa shape index (κ1) is 18.5. The highest BCUT2D eigenvalue weighted by molar-refractivity contribution is 7.80. The number of thiol groups is 1. The normalized spacial score (nSPS) is 14.7. The summed E-state index contributed by atoms with van der Waals surface area (Å²) in [7, 11) is 0. The molecule has 5 N–H and O–H groups in total. The van der Waals surface area contributed by atoms with Gasteiger partial charge in [0.05, 0.1) is 17.5 Å². The highest BCUT2D eigenvalue weighted by Gasteiger charge is 2.20. The first-order valence-corrected chi connectivity index (χ1v) is 8.67. The summed E-state index contributed by atoms with van der Waals surface area (Å²) in [6, 6.07) is 17.7. The minimum absolute atomic E-state index is 0.187. The lowest BCUT2D eigenvalue weighted by molar-refractivity contribution is -0.123. The van der Waals surface area contributed by atoms with Crippen molar-refractivity contribution in [2.24, 2.45) is 11.5 Å². The van der Waals surface area contributed by atoms with E-state index in [1.54, 1.807) is 0 Å². The van der Waals surface area contributed by atoms with Gasteiger partial charge in [0.2, 0.25) is 5.91 Å². The zero-order valence-electron chi connectivity index (χ0n) is 13.9. The Morgan fingerprint density at radius 2 is 1.62 bits per heavy atom. The van der Waals surface area contributed by atoms with Crippen LogP contribution in [0.4, 0.5) is 0 Å². The third-order valence-corrected chi connectivity index (χ3v) is 4.39. The molecule has 0 aromatic heterocycles. The molecule has 2 aromatic rings. The van der Waals surface area contributed by atoms with Crippen molar-refractivity contribution in [3.63, 3.8) is 0 Å². The van der Waals surface area contributed by atoms with E-state index in [0.29, 0.717) is 12.8 Å². The van der Waals surface area contributed by atoms with E-state index in [1.165, 1.54) is 5.56 Å². The van der Waals surface area contributed by atoms with E-state index in [1.807, 2.05) is 25.1 Å². The Labute approximate surface area is 149 Å². The zero-order chi connectivity index (χ0) is 17.5. The Hall–Kier alpha value is -1.82. The molecular weight excluding hydrogens is 318 g/mol. The predicted octanol–water partition coefficient (Wildman–Crippen LogP) is 2.33. The van der Waals surface area contributed by atoms with Crippen molar-refractivity contribution >= 4 is 18.5 Å². The first-order chi connectivity index (χ1) is 11.5. The van der Waals surface area contributed by atoms with Gasteiger partial charge in [0.1, 0.15) is 0 Å². The largest absolute Gasteiger partial charge is 0.349 e. The number of nitrogens with two attached hydrogens (primary N) is 2. The fraction of sp³-hybridized carbons (Fsp3) is 0.316. The summed E-state index contributed by atoms with van der Waals surface area (Å²) >= 11 is 4.30. The molecule has 0 heterocycles. The first-order valence-electron chi connectivity index (χ1n) is 8.15. The van der Waals surface area contributed by atoms with E-state index in [-0.39, 0.29) is 11.9 Å². The summed E-state index contributed by atoms with van der Waals surface area (Å²) in [6.45, 7) is 1.88. The number of rotatable bonds is 7. The molecule has 2 aromatic carbocycles. The number of nitrogens with one attached hydrogen (secondary N) is 1. The molecule has 4 nitrogen and oxygen atoms in total. The Bertz CT molecular complexity index is 643. The summed E-state index contributed by atoms with van der Waals surface area (Å²) in [5.41, 5.74) is 15.1. The molecular formula is C19H25N3OS. The van der Waals surface area contributed by atoms with Crippen LogP contribution in [-0.2, 0) is 11.2 Å². The van der Waals surface area contributed by atoms with Crippen molar-refractivity contribution in [1.29, 1.82) is 0 Å². The highest BCUT2D eigenvalue weighted by atomic mass is 32.1. The monoisotopic (exact) mass is 343 g/mol. The third kappa shape index (κ3) is 5.09. The second-order valence-electron chi connectivity index (χ2n) is 5.89. The number of amides is 1. The molecule has 0 saturated carbocycles. The Morgan fingerprint density at radius 3 is 2.17 bits per heavy atom. The lowest BCUT2D eigenvalue weighted by atomic mass is 10.0. The molecule has 0 aliphatic rings. The molecule has 0 aliphatic heterocycles. The minimum Gasteiger partial charge on any atom is -0.349 e. The molecule has 3 atom stereocenters. The average Bonchev–Trinajstić information content (AvgIpc) is 2.61. The summed E-state index contributed by atoms with van der Waals surface area (Å²) in [5, 5.41) is 2.44. The van der Waals surface area contributed by atoms with Gasteiger partial charge in [-0.3, -0.25) is 4.79 Å². The maximum absolute atomic E-state index is 12.0. The van der Waals surface area contributed by atoms with E-state index in [4.69, 9.17) is 11.5 Å². The SMILES string of the molecule is CC[C@H](N)C(=O)N[C@@H](Cc1ccc(-c2ccccc2)cc1)C(N)S. The predicted molar refractivity (Wildman–Crippen MR) is 103 cm³/mol. The van der Waals surface area contributed by atoms with Crippen LogP contribution in [0.5, 0.6) is 0 Å². The quantitative estimate of drug-likeness (QED) is 0.460. The second-order valence-corrected chi connectivity index (χ2v) is 6.48. The van der Waals surface area contributed by atoms with Gasteiger partial charge in [-0.1, -0.05) is 61.5 Å². The maximum Gasteiger partial charge on any atom is 0.237 e. The van der Waals surface area contributed by atoms with Gasteiger partial charge in [-0.2, -0.15) is 12.6 Å². The number of carbonyl (C=O) groups excluding carboxylic acids is 1. The van der Waals surface area contributed by atoms with Crippen molar-refractivity contribution in [3.8, 4) is 11.1 Å². The number of hydrogen-bond donors (Lipinski definition) is 4. The molecule has 0 saturated heterocycles. The van der Waals surface area contributed by atoms with Crippen LogP contribution in [0, 0.1) is 0 Å². The second kappa shape index (κ2) is 8.87. The Balaban J connectivity index is 2.06. The van der Waals surface area contributed by atoms with Crippen LogP contribution in [0.15, 0.2) is 54.6 Å². The average molecular weight is 343 g/mol. The summed E-state index contributed by atoms with van der Waals surface area (Å²) in [6.07, 6.45) is 1.20. The van der Waals surface area contributed by atoms with Gasteiger partial charge in [0.15, 0.2) is 0 Å².